The fourth-order valence-corrected chi connectivity index (χ4v) is 18.8. The molecule has 22 nitrogen and oxygen atoms in total. The third-order valence-electron chi connectivity index (χ3n) is 19.6. The fraction of sp³-hybridized carbons (Fsp3) is 0.463. The Kier molecular flexibility index (Phi) is 31.1. The molecule has 0 spiro atoms. The van der Waals surface area contributed by atoms with Crippen LogP contribution in [0.1, 0.15) is 138 Å². The van der Waals surface area contributed by atoms with Crippen LogP contribution in [-0.2, 0) is 61.3 Å². The van der Waals surface area contributed by atoms with E-state index in [9.17, 15) is 9.59 Å². The first-order chi connectivity index (χ1) is 53.3. The van der Waals surface area contributed by atoms with Crippen molar-refractivity contribution in [2.45, 2.75) is 188 Å². The molecule has 2 unspecified atom stereocenters. The Morgan fingerprint density at radius 3 is 0.964 bits per heavy atom. The predicted molar refractivity (Wildman–Crippen MR) is 443 cm³/mol. The van der Waals surface area contributed by atoms with Crippen molar-refractivity contribution >= 4 is 86.7 Å². The normalized spacial score (nSPS) is 18.4. The lowest BCUT2D eigenvalue weighted by molar-refractivity contribution is -0.0928. The summed E-state index contributed by atoms with van der Waals surface area (Å²) in [7, 11) is 2.40. The minimum atomic E-state index is -2.00. The van der Waals surface area contributed by atoms with E-state index in [1.807, 2.05) is 213 Å². The molecule has 2 saturated heterocycles. The van der Waals surface area contributed by atoms with Crippen LogP contribution in [-0.4, -0.2) is 139 Å². The lowest BCUT2D eigenvalue weighted by atomic mass is 9.80. The van der Waals surface area contributed by atoms with Gasteiger partial charge in [0.1, 0.15) is 72.1 Å². The summed E-state index contributed by atoms with van der Waals surface area (Å²) in [6, 6.07) is 49.7. The summed E-state index contributed by atoms with van der Waals surface area (Å²) in [5.41, 5.74) is 0.162. The number of aromatic nitrogens is 4. The van der Waals surface area contributed by atoms with Crippen LogP contribution in [0.5, 0.6) is 23.0 Å². The Balaban J connectivity index is 0.964. The van der Waals surface area contributed by atoms with Crippen molar-refractivity contribution in [2.75, 3.05) is 54.9 Å². The molecule has 10 rings (SSSR count). The number of alkyl halides is 6. The number of halogens is 6. The van der Waals surface area contributed by atoms with Gasteiger partial charge in [-0.25, -0.2) is 18.9 Å². The van der Waals surface area contributed by atoms with Crippen molar-refractivity contribution in [2.24, 2.45) is 0 Å². The first-order valence-corrected chi connectivity index (χ1v) is 41.7. The summed E-state index contributed by atoms with van der Waals surface area (Å²) in [4.78, 5) is 59.2. The van der Waals surface area contributed by atoms with Crippen molar-refractivity contribution in [3.8, 4) is 23.0 Å². The lowest BCUT2D eigenvalue weighted by Gasteiger charge is -2.39. The molecular weight excluding hydrogens is 1600 g/mol. The van der Waals surface area contributed by atoms with E-state index in [1.165, 1.54) is 21.5 Å². The highest BCUT2D eigenvalue weighted by molar-refractivity contribution is 7.45. The fourth-order valence-electron chi connectivity index (χ4n) is 14.4. The third-order valence-corrected chi connectivity index (χ3v) is 24.5. The number of ether oxygens (including phenoxy) is 8. The second-order valence-corrected chi connectivity index (χ2v) is 36.5. The summed E-state index contributed by atoms with van der Waals surface area (Å²) in [6.07, 6.45) is -2.09. The van der Waals surface area contributed by atoms with E-state index in [4.69, 9.17) is 126 Å². The zero-order valence-electron chi connectivity index (χ0n) is 65.4. The Morgan fingerprint density at radius 1 is 0.429 bits per heavy atom. The molecule has 0 amide bonds. The van der Waals surface area contributed by atoms with Crippen molar-refractivity contribution in [1.29, 1.82) is 0 Å². The van der Waals surface area contributed by atoms with Gasteiger partial charge < -0.3 is 56.0 Å². The van der Waals surface area contributed by atoms with E-state index in [0.29, 0.717) is 23.0 Å². The first-order valence-electron chi connectivity index (χ1n) is 37.2. The number of methoxy groups -OCH3 is 4. The van der Waals surface area contributed by atoms with E-state index < -0.39 is 95.2 Å². The van der Waals surface area contributed by atoms with E-state index in [0.717, 1.165) is 42.5 Å². The van der Waals surface area contributed by atoms with Gasteiger partial charge in [-0.1, -0.05) is 179 Å². The molecule has 6 aromatic carbocycles. The highest BCUT2D eigenvalue weighted by Crippen LogP contribution is 2.54. The summed E-state index contributed by atoms with van der Waals surface area (Å²) < 4.78 is 84.3. The second kappa shape index (κ2) is 39.4. The van der Waals surface area contributed by atoms with Crippen LogP contribution < -0.4 is 41.4 Å². The van der Waals surface area contributed by atoms with E-state index in [1.54, 1.807) is 42.3 Å². The van der Waals surface area contributed by atoms with Crippen molar-refractivity contribution in [3.63, 3.8) is 0 Å². The number of rotatable bonds is 37. The molecule has 112 heavy (non-hydrogen) atoms. The predicted octanol–water partition coefficient (Wildman–Crippen LogP) is 17.3. The van der Waals surface area contributed by atoms with Crippen molar-refractivity contribution in [3.05, 3.63) is 256 Å². The molecule has 2 aliphatic rings. The number of nitrogens with zero attached hydrogens (tertiary/aromatic N) is 6. The van der Waals surface area contributed by atoms with Crippen LogP contribution in [0.2, 0.25) is 0 Å². The Hall–Kier alpha value is -5.92. The largest absolute Gasteiger partial charge is 0.497 e. The number of hydrogen-bond donors (Lipinski definition) is 0. The number of aryl methyl sites for hydroxylation is 2. The van der Waals surface area contributed by atoms with Gasteiger partial charge in [-0.05, 0) is 164 Å². The van der Waals surface area contributed by atoms with Crippen LogP contribution in [0.15, 0.2) is 189 Å². The average Bonchev–Trinajstić information content (AvgIpc) is 1.06. The standard InChI is InChI=1S/C82H100Cl6N6O16P2/c1-53(2)93(54(3)4)111(105-51-79(83,84)85)109-69-45-73(107-71(69)49-103-81(59-23-17-15-18-24-59,61-27-35-65(99-11)36-28-61)62-29-37-66(100-12)38-30-62)91-47-57(9)75(95)89(77(91)97)43-21-22-44-90-76(96)58(10)48-92(78(90)98)74-46-70(110-112(106-52-80(86,87)88)94(55(5)6)56(7)8)72(108-74)50-104-82(60-25-19-16-20-26-60,63-31-39-67(101-13)40-32-63)64-33-41-68(102-14)42-34-64/h15-20,23-42,47-48,53-56,69-74H,21-22,43-46,49-52H2,1-14H3/t69-,70-,71+,72+,73+,74+,111?,112?/m0/s1. The smallest absolute Gasteiger partial charge is 0.333 e. The zero-order valence-corrected chi connectivity index (χ0v) is 71.7. The number of unbranched alkanes of at least 4 members (excludes halogenated alkanes) is 1. The molecule has 606 valence electrons. The van der Waals surface area contributed by atoms with Crippen molar-refractivity contribution < 1.29 is 56.0 Å². The minimum Gasteiger partial charge on any atom is -0.497 e. The zero-order chi connectivity index (χ0) is 81.0. The van der Waals surface area contributed by atoms with Crippen LogP contribution in [0, 0.1) is 13.8 Å². The lowest BCUT2D eigenvalue weighted by Crippen LogP contribution is -2.43. The second-order valence-electron chi connectivity index (χ2n) is 28.7. The van der Waals surface area contributed by atoms with Gasteiger partial charge in [0.2, 0.25) is 7.59 Å². The van der Waals surface area contributed by atoms with Crippen LogP contribution in [0.3, 0.4) is 0 Å². The number of benzene rings is 6. The SMILES string of the molecule is COc1ccc(C(OC[C@H]2O[C@@H](n3cc(C)c(=O)n(CCCCn4c(=O)c(C)cn([C@H]5C[C@H](OP(OCC(Cl)(Cl)Cl)N(C(C)C)C(C)C)[C@@H](COC(c6ccccc6)(c6ccc(OC)cc6)c6ccc(OC)cc6)O5)c4=O)c3=O)C[C@@H]2OP(OCC(Cl)(Cl)Cl)N(C(C)C)C(C)C)(c2ccccc2)c2ccc(OC)cc2)cc1. The first kappa shape index (κ1) is 88.4. The van der Waals surface area contributed by atoms with Crippen LogP contribution in [0.4, 0.5) is 0 Å². The number of hydrogen-bond acceptors (Lipinski definition) is 18. The maximum atomic E-state index is 15.2. The minimum absolute atomic E-state index is 0.0745. The topological polar surface area (TPSA) is 205 Å². The molecule has 4 heterocycles. The quantitative estimate of drug-likeness (QED) is 0.0154. The molecule has 2 fully saturated rings. The Bertz CT molecular complexity index is 4190. The molecule has 2 aliphatic heterocycles. The highest BCUT2D eigenvalue weighted by Gasteiger charge is 2.49. The summed E-state index contributed by atoms with van der Waals surface area (Å²) in [5.74, 6) is 2.55. The van der Waals surface area contributed by atoms with Gasteiger partial charge in [0.25, 0.3) is 28.2 Å². The van der Waals surface area contributed by atoms with Gasteiger partial charge in [0.05, 0.1) is 53.9 Å². The van der Waals surface area contributed by atoms with E-state index in [-0.39, 0.29) is 100 Å². The summed E-state index contributed by atoms with van der Waals surface area (Å²) in [5, 5.41) is 0. The highest BCUT2D eigenvalue weighted by atomic mass is 35.6. The molecule has 8 aromatic rings. The van der Waals surface area contributed by atoms with Crippen molar-refractivity contribution in [1.82, 2.24) is 27.6 Å². The third kappa shape index (κ3) is 21.1. The summed E-state index contributed by atoms with van der Waals surface area (Å²) in [6.45, 7) is 18.3. The molecule has 2 aromatic heterocycles. The Labute approximate surface area is 687 Å². The van der Waals surface area contributed by atoms with Crippen LogP contribution >= 0.6 is 86.7 Å². The van der Waals surface area contributed by atoms with Gasteiger partial charge in [0.15, 0.2) is 0 Å². The Morgan fingerprint density at radius 2 is 0.705 bits per heavy atom. The molecule has 0 aliphatic carbocycles. The summed E-state index contributed by atoms with van der Waals surface area (Å²) >= 11 is 38.3. The van der Waals surface area contributed by atoms with Gasteiger partial charge >= 0.3 is 11.4 Å². The molecule has 0 N–H and O–H groups in total. The molecule has 30 heteroatoms. The molecule has 0 saturated carbocycles. The van der Waals surface area contributed by atoms with E-state index >= 15 is 9.59 Å². The monoisotopic (exact) mass is 1700 g/mol. The maximum Gasteiger partial charge on any atom is 0.333 e. The average molecular weight is 1700 g/mol. The molecular formula is C82H100Cl6N6O16P2. The maximum absolute atomic E-state index is 15.2. The molecule has 0 radical (unpaired) electrons. The van der Waals surface area contributed by atoms with Crippen LogP contribution in [0.25, 0.3) is 0 Å². The van der Waals surface area contributed by atoms with Gasteiger partial charge in [-0.3, -0.25) is 27.9 Å². The van der Waals surface area contributed by atoms with Gasteiger partial charge in [0, 0.05) is 73.6 Å². The molecule has 8 atom stereocenters. The van der Waals surface area contributed by atoms with Gasteiger partial charge in [-0.15, -0.1) is 0 Å². The molecule has 0 bridgehead atoms. The van der Waals surface area contributed by atoms with Gasteiger partial charge in [-0.2, -0.15) is 0 Å². The van der Waals surface area contributed by atoms with E-state index in [2.05, 4.69) is 9.34 Å².